The van der Waals surface area contributed by atoms with E-state index in [2.05, 4.69) is 10.7 Å². The summed E-state index contributed by atoms with van der Waals surface area (Å²) in [6, 6.07) is -0.931. The molecule has 0 aliphatic rings. The van der Waals surface area contributed by atoms with Crippen LogP contribution in [0.1, 0.15) is 12.8 Å². The molecule has 0 aromatic carbocycles. The molecule has 0 radical (unpaired) electrons. The number of carbonyl (C=O) groups is 2. The molecular weight excluding hydrogens is 296 g/mol. The standard InChI is InChI=1S/C6H14N4O2.C2H5NO2.Zn/c7-4(5(11)12)2-1-3-10-6(8)9;3-1-2(4)5;/h4H,1-3,7H2,(H,11,12)(H4,8,9,10);1,3H2,(H,4,5);/q;;+2/p-2. The van der Waals surface area contributed by atoms with Gasteiger partial charge in [0, 0.05) is 19.1 Å². The van der Waals surface area contributed by atoms with E-state index in [1.165, 1.54) is 0 Å². The molecule has 10 heteroatoms. The Bertz CT molecular complexity index is 270. The topological polar surface area (TPSA) is 197 Å². The summed E-state index contributed by atoms with van der Waals surface area (Å²) < 4.78 is 0. The first-order chi connectivity index (χ1) is 7.81. The maximum absolute atomic E-state index is 10.1. The molecule has 0 spiro atoms. The third-order valence-corrected chi connectivity index (χ3v) is 1.44. The first kappa shape index (κ1) is 22.0. The van der Waals surface area contributed by atoms with Crippen molar-refractivity contribution < 1.29 is 39.3 Å². The van der Waals surface area contributed by atoms with Crippen molar-refractivity contribution >= 4 is 17.9 Å². The minimum absolute atomic E-state index is 0. The molecule has 0 fully saturated rings. The molecule has 0 aromatic rings. The molecule has 0 aromatic heterocycles. The second kappa shape index (κ2) is 13.8. The molecule has 0 amide bonds. The zero-order chi connectivity index (χ0) is 13.8. The zero-order valence-electron chi connectivity index (χ0n) is 10.0. The van der Waals surface area contributed by atoms with E-state index in [0.29, 0.717) is 19.4 Å². The monoisotopic (exact) mass is 311 g/mol. The number of nitrogens with zero attached hydrogens (tertiary/aromatic N) is 1. The molecule has 0 rings (SSSR count). The average Bonchev–Trinajstić information content (AvgIpc) is 2.24. The molecule has 0 saturated carbocycles. The predicted molar refractivity (Wildman–Crippen MR) is 57.0 cm³/mol. The van der Waals surface area contributed by atoms with Gasteiger partial charge in [-0.3, -0.25) is 4.99 Å². The fourth-order valence-electron chi connectivity index (χ4n) is 0.637. The van der Waals surface area contributed by atoms with E-state index in [-0.39, 0.29) is 32.0 Å². The number of guanidine groups is 1. The van der Waals surface area contributed by atoms with Crippen LogP contribution in [0.5, 0.6) is 0 Å². The van der Waals surface area contributed by atoms with E-state index in [1.54, 1.807) is 0 Å². The van der Waals surface area contributed by atoms with Crippen molar-refractivity contribution in [3.63, 3.8) is 0 Å². The van der Waals surface area contributed by atoms with E-state index in [0.717, 1.165) is 0 Å². The van der Waals surface area contributed by atoms with Crippen molar-refractivity contribution in [1.29, 1.82) is 0 Å². The molecule has 1 atom stereocenters. The number of carboxylic acid groups (broad SMARTS) is 2. The van der Waals surface area contributed by atoms with Crippen LogP contribution in [0.4, 0.5) is 0 Å². The molecule has 0 aliphatic carbocycles. The van der Waals surface area contributed by atoms with E-state index in [1.807, 2.05) is 0 Å². The van der Waals surface area contributed by atoms with Crippen molar-refractivity contribution in [2.75, 3.05) is 13.1 Å². The molecule has 0 heterocycles. The zero-order valence-corrected chi connectivity index (χ0v) is 13.0. The fourth-order valence-corrected chi connectivity index (χ4v) is 0.637. The summed E-state index contributed by atoms with van der Waals surface area (Å²) in [6.07, 6.45) is 0.853. The molecule has 1 unspecified atom stereocenters. The summed E-state index contributed by atoms with van der Waals surface area (Å²) in [5, 5.41) is 19.2. The van der Waals surface area contributed by atoms with E-state index in [4.69, 9.17) is 27.1 Å². The Morgan fingerprint density at radius 2 is 1.67 bits per heavy atom. The summed E-state index contributed by atoms with van der Waals surface area (Å²) in [5.74, 6) is -2.47. The molecule has 0 bridgehead atoms. The first-order valence-electron chi connectivity index (χ1n) is 4.73. The summed E-state index contributed by atoms with van der Waals surface area (Å²) in [6.45, 7) is 0.00329. The van der Waals surface area contributed by atoms with E-state index < -0.39 is 18.0 Å². The number of carboxylic acids is 2. The van der Waals surface area contributed by atoms with Gasteiger partial charge in [0.05, 0.1) is 11.9 Å². The minimum Gasteiger partial charge on any atom is -0.549 e. The van der Waals surface area contributed by atoms with Gasteiger partial charge in [0.25, 0.3) is 0 Å². The number of rotatable bonds is 6. The Balaban J connectivity index is -0.000000321. The Morgan fingerprint density at radius 1 is 1.22 bits per heavy atom. The second-order valence-electron chi connectivity index (χ2n) is 2.95. The van der Waals surface area contributed by atoms with Crippen molar-refractivity contribution in [3.8, 4) is 0 Å². The SMILES string of the molecule is NC(N)=NCCCC(N)C(=O)[O-].NCC(=O)[O-].[Zn+2]. The molecule has 100 valence electrons. The van der Waals surface area contributed by atoms with Crippen molar-refractivity contribution in [3.05, 3.63) is 0 Å². The van der Waals surface area contributed by atoms with Crippen molar-refractivity contribution in [2.24, 2.45) is 27.9 Å². The van der Waals surface area contributed by atoms with Gasteiger partial charge < -0.3 is 42.7 Å². The number of hydrogen-bond acceptors (Lipinski definition) is 7. The largest absolute Gasteiger partial charge is 2.00 e. The van der Waals surface area contributed by atoms with Crippen LogP contribution < -0.4 is 33.1 Å². The molecular formula is C8H17N5O4Zn. The summed E-state index contributed by atoms with van der Waals surface area (Å²) in [4.78, 5) is 22.9. The van der Waals surface area contributed by atoms with E-state index >= 15 is 0 Å². The molecule has 0 saturated heterocycles. The van der Waals surface area contributed by atoms with Gasteiger partial charge in [0.15, 0.2) is 5.96 Å². The third-order valence-electron chi connectivity index (χ3n) is 1.44. The fraction of sp³-hybridized carbons (Fsp3) is 0.625. The van der Waals surface area contributed by atoms with Crippen LogP contribution in [0.15, 0.2) is 4.99 Å². The Labute approximate surface area is 117 Å². The number of carbonyl (C=O) groups excluding carboxylic acids is 2. The van der Waals surface area contributed by atoms with Gasteiger partial charge in [0.2, 0.25) is 0 Å². The van der Waals surface area contributed by atoms with Crippen LogP contribution in [-0.2, 0) is 29.1 Å². The summed E-state index contributed by atoms with van der Waals surface area (Å²) >= 11 is 0. The molecule has 18 heavy (non-hydrogen) atoms. The Hall–Kier alpha value is -1.25. The summed E-state index contributed by atoms with van der Waals surface area (Å²) in [7, 11) is 0. The third kappa shape index (κ3) is 20.2. The van der Waals surface area contributed by atoms with Crippen LogP contribution >= 0.6 is 0 Å². The number of hydrogen-bond donors (Lipinski definition) is 4. The predicted octanol–water partition coefficient (Wildman–Crippen LogP) is -5.19. The summed E-state index contributed by atoms with van der Waals surface area (Å²) in [5.41, 5.74) is 19.7. The van der Waals surface area contributed by atoms with Crippen LogP contribution in [0.3, 0.4) is 0 Å². The number of aliphatic imine (C=N–C) groups is 1. The smallest absolute Gasteiger partial charge is 0.549 e. The molecule has 0 aliphatic heterocycles. The normalized spacial score (nSPS) is 10.1. The second-order valence-corrected chi connectivity index (χ2v) is 2.95. The van der Waals surface area contributed by atoms with Gasteiger partial charge in [0.1, 0.15) is 0 Å². The Morgan fingerprint density at radius 3 is 1.94 bits per heavy atom. The van der Waals surface area contributed by atoms with Gasteiger partial charge in [-0.1, -0.05) is 0 Å². The quantitative estimate of drug-likeness (QED) is 0.161. The average molecular weight is 313 g/mol. The number of nitrogens with two attached hydrogens (primary N) is 4. The Kier molecular flexibility index (Phi) is 16.9. The first-order valence-corrected chi connectivity index (χ1v) is 4.73. The van der Waals surface area contributed by atoms with Gasteiger partial charge >= 0.3 is 19.5 Å². The van der Waals surface area contributed by atoms with Crippen LogP contribution in [-0.4, -0.2) is 37.0 Å². The minimum atomic E-state index is -1.25. The van der Waals surface area contributed by atoms with Crippen LogP contribution in [0, 0.1) is 0 Å². The van der Waals surface area contributed by atoms with Crippen molar-refractivity contribution in [1.82, 2.24) is 0 Å². The molecule has 9 nitrogen and oxygen atoms in total. The maximum Gasteiger partial charge on any atom is 2.00 e. The van der Waals surface area contributed by atoms with Gasteiger partial charge in [-0.2, -0.15) is 0 Å². The van der Waals surface area contributed by atoms with Gasteiger partial charge in [-0.15, -0.1) is 0 Å². The van der Waals surface area contributed by atoms with Gasteiger partial charge in [-0.05, 0) is 12.8 Å². The number of aliphatic carboxylic acids is 2. The van der Waals surface area contributed by atoms with Crippen LogP contribution in [0.25, 0.3) is 0 Å². The van der Waals surface area contributed by atoms with Crippen LogP contribution in [0.2, 0.25) is 0 Å². The van der Waals surface area contributed by atoms with E-state index in [9.17, 15) is 9.90 Å². The molecule has 8 N–H and O–H groups in total. The van der Waals surface area contributed by atoms with Gasteiger partial charge in [-0.25, -0.2) is 0 Å². The van der Waals surface area contributed by atoms with Crippen molar-refractivity contribution in [2.45, 2.75) is 18.9 Å². The maximum atomic E-state index is 10.1.